The van der Waals surface area contributed by atoms with Gasteiger partial charge in [-0.2, -0.15) is 22.0 Å². The Kier molecular flexibility index (Phi) is 2.71. The molecule has 15 heavy (non-hydrogen) atoms. The van der Waals surface area contributed by atoms with Crippen molar-refractivity contribution in [1.82, 2.24) is 15.0 Å². The van der Waals surface area contributed by atoms with Crippen LogP contribution in [0.2, 0.25) is 0 Å². The van der Waals surface area contributed by atoms with Crippen LogP contribution < -0.4 is 0 Å². The minimum Gasteiger partial charge on any atom is -0.252 e. The Morgan fingerprint density at radius 2 is 1.73 bits per heavy atom. The van der Waals surface area contributed by atoms with Crippen molar-refractivity contribution in [3.05, 3.63) is 11.4 Å². The molecule has 0 aliphatic heterocycles. The second-order valence-electron chi connectivity index (χ2n) is 2.93. The zero-order valence-electron chi connectivity index (χ0n) is 7.94. The van der Waals surface area contributed by atoms with Crippen LogP contribution in [0.1, 0.15) is 18.3 Å². The molecule has 0 saturated carbocycles. The molecule has 0 aromatic carbocycles. The number of nitrogens with zero attached hydrogens (tertiary/aromatic N) is 3. The van der Waals surface area contributed by atoms with E-state index in [0.29, 0.717) is 0 Å². The van der Waals surface area contributed by atoms with Gasteiger partial charge in [0.05, 0.1) is 5.69 Å². The SMILES string of the molecule is CCc1c(C(F)(F)C(F)(F)F)nnn1C. The van der Waals surface area contributed by atoms with Crippen LogP contribution in [0.4, 0.5) is 22.0 Å². The van der Waals surface area contributed by atoms with E-state index < -0.39 is 17.8 Å². The number of halogens is 5. The molecule has 0 fully saturated rings. The molecule has 0 radical (unpaired) electrons. The topological polar surface area (TPSA) is 30.7 Å². The van der Waals surface area contributed by atoms with Crippen molar-refractivity contribution >= 4 is 0 Å². The first-order valence-electron chi connectivity index (χ1n) is 4.05. The summed E-state index contributed by atoms with van der Waals surface area (Å²) in [6.45, 7) is 1.45. The fourth-order valence-electron chi connectivity index (χ4n) is 1.15. The Morgan fingerprint density at radius 1 is 1.20 bits per heavy atom. The quantitative estimate of drug-likeness (QED) is 0.726. The highest BCUT2D eigenvalue weighted by molar-refractivity contribution is 5.17. The Labute approximate surface area is 81.9 Å². The van der Waals surface area contributed by atoms with Crippen LogP contribution in [0.15, 0.2) is 0 Å². The van der Waals surface area contributed by atoms with Crippen molar-refractivity contribution < 1.29 is 22.0 Å². The highest BCUT2D eigenvalue weighted by Crippen LogP contribution is 2.43. The molecule has 1 heterocycles. The number of hydrogen-bond acceptors (Lipinski definition) is 2. The van der Waals surface area contributed by atoms with Crippen molar-refractivity contribution in [3.8, 4) is 0 Å². The Hall–Kier alpha value is -1.21. The first-order chi connectivity index (χ1) is 6.71. The highest BCUT2D eigenvalue weighted by atomic mass is 19.4. The van der Waals surface area contributed by atoms with Crippen molar-refractivity contribution in [3.63, 3.8) is 0 Å². The summed E-state index contributed by atoms with van der Waals surface area (Å²) in [5.41, 5.74) is -1.54. The summed E-state index contributed by atoms with van der Waals surface area (Å²) in [5, 5.41) is 6.02. The van der Waals surface area contributed by atoms with Gasteiger partial charge in [-0.3, -0.25) is 4.68 Å². The summed E-state index contributed by atoms with van der Waals surface area (Å²) in [7, 11) is 1.27. The lowest BCUT2D eigenvalue weighted by Crippen LogP contribution is -2.35. The van der Waals surface area contributed by atoms with Crippen LogP contribution in [0.3, 0.4) is 0 Å². The van der Waals surface area contributed by atoms with Gasteiger partial charge in [0, 0.05) is 7.05 Å². The molecule has 0 unspecified atom stereocenters. The monoisotopic (exact) mass is 229 g/mol. The van der Waals surface area contributed by atoms with Crippen LogP contribution in [0, 0.1) is 0 Å². The fourth-order valence-corrected chi connectivity index (χ4v) is 1.15. The number of aromatic nitrogens is 3. The lowest BCUT2D eigenvalue weighted by molar-refractivity contribution is -0.291. The highest BCUT2D eigenvalue weighted by Gasteiger charge is 2.61. The van der Waals surface area contributed by atoms with E-state index in [0.717, 1.165) is 4.68 Å². The molecular formula is C7H8F5N3. The zero-order chi connectivity index (χ0) is 11.9. The van der Waals surface area contributed by atoms with Crippen molar-refractivity contribution in [2.24, 2.45) is 7.05 Å². The Morgan fingerprint density at radius 3 is 2.13 bits per heavy atom. The Balaban J connectivity index is 3.27. The molecule has 86 valence electrons. The van der Waals surface area contributed by atoms with E-state index in [4.69, 9.17) is 0 Å². The molecule has 0 atom stereocenters. The van der Waals surface area contributed by atoms with Gasteiger partial charge in [-0.05, 0) is 6.42 Å². The Bertz CT molecular complexity index is 354. The van der Waals surface area contributed by atoms with E-state index in [1.165, 1.54) is 14.0 Å². The second-order valence-corrected chi connectivity index (χ2v) is 2.93. The smallest absolute Gasteiger partial charge is 0.252 e. The first-order valence-corrected chi connectivity index (χ1v) is 4.05. The normalized spacial score (nSPS) is 13.3. The predicted molar refractivity (Wildman–Crippen MR) is 40.3 cm³/mol. The van der Waals surface area contributed by atoms with Gasteiger partial charge in [-0.15, -0.1) is 5.10 Å². The third-order valence-corrected chi connectivity index (χ3v) is 1.93. The maximum atomic E-state index is 12.9. The van der Waals surface area contributed by atoms with Gasteiger partial charge in [-0.25, -0.2) is 0 Å². The third-order valence-electron chi connectivity index (χ3n) is 1.93. The average Bonchev–Trinajstić information content (AvgIpc) is 2.44. The van der Waals surface area contributed by atoms with Gasteiger partial charge in [0.15, 0.2) is 5.69 Å². The molecule has 0 N–H and O–H groups in total. The molecule has 0 bridgehead atoms. The lowest BCUT2D eigenvalue weighted by atomic mass is 10.1. The molecule has 1 aromatic heterocycles. The van der Waals surface area contributed by atoms with E-state index in [1.807, 2.05) is 0 Å². The molecule has 1 aromatic rings. The van der Waals surface area contributed by atoms with Crippen LogP contribution in [0.25, 0.3) is 0 Å². The van der Waals surface area contributed by atoms with Crippen LogP contribution in [0.5, 0.6) is 0 Å². The lowest BCUT2D eigenvalue weighted by Gasteiger charge is -2.18. The van der Waals surface area contributed by atoms with Gasteiger partial charge in [-0.1, -0.05) is 12.1 Å². The van der Waals surface area contributed by atoms with E-state index >= 15 is 0 Å². The average molecular weight is 229 g/mol. The minimum atomic E-state index is -5.65. The number of hydrogen-bond donors (Lipinski definition) is 0. The van der Waals surface area contributed by atoms with E-state index in [9.17, 15) is 22.0 Å². The molecule has 0 saturated heterocycles. The van der Waals surface area contributed by atoms with E-state index in [-0.39, 0.29) is 12.1 Å². The maximum absolute atomic E-state index is 12.9. The van der Waals surface area contributed by atoms with Gasteiger partial charge >= 0.3 is 12.1 Å². The van der Waals surface area contributed by atoms with Crippen LogP contribution in [-0.4, -0.2) is 21.2 Å². The van der Waals surface area contributed by atoms with Crippen molar-refractivity contribution in [1.29, 1.82) is 0 Å². The first kappa shape index (κ1) is 11.9. The summed E-state index contributed by atoms with van der Waals surface area (Å²) in [6, 6.07) is 0. The minimum absolute atomic E-state index is 0.00447. The molecule has 0 aliphatic rings. The van der Waals surface area contributed by atoms with Crippen molar-refractivity contribution in [2.75, 3.05) is 0 Å². The van der Waals surface area contributed by atoms with Gasteiger partial charge in [0.1, 0.15) is 0 Å². The fraction of sp³-hybridized carbons (Fsp3) is 0.714. The maximum Gasteiger partial charge on any atom is 0.459 e. The third kappa shape index (κ3) is 1.80. The molecule has 0 aliphatic carbocycles. The summed E-state index contributed by atoms with van der Waals surface area (Å²) in [6.07, 6.45) is -5.64. The number of aryl methyl sites for hydroxylation is 1. The molecule has 1 rings (SSSR count). The predicted octanol–water partition coefficient (Wildman–Crippen LogP) is 2.03. The van der Waals surface area contributed by atoms with Crippen molar-refractivity contribution in [2.45, 2.75) is 25.4 Å². The second kappa shape index (κ2) is 3.42. The summed E-state index contributed by atoms with van der Waals surface area (Å²) < 4.78 is 62.7. The standard InChI is InChI=1S/C7H8F5N3/c1-3-4-5(13-14-15(4)2)6(8,9)7(10,11)12/h3H2,1-2H3. The summed E-state index contributed by atoms with van der Waals surface area (Å²) in [4.78, 5) is 0. The zero-order valence-corrected chi connectivity index (χ0v) is 7.94. The van der Waals surface area contributed by atoms with Gasteiger partial charge < -0.3 is 0 Å². The van der Waals surface area contributed by atoms with Crippen LogP contribution in [-0.2, 0) is 19.4 Å². The number of alkyl halides is 5. The van der Waals surface area contributed by atoms with Crippen LogP contribution >= 0.6 is 0 Å². The molecular weight excluding hydrogens is 221 g/mol. The largest absolute Gasteiger partial charge is 0.459 e. The molecule has 8 heteroatoms. The van der Waals surface area contributed by atoms with E-state index in [1.54, 1.807) is 0 Å². The molecule has 0 amide bonds. The van der Waals surface area contributed by atoms with Gasteiger partial charge in [0.2, 0.25) is 0 Å². The number of rotatable bonds is 2. The molecule has 0 spiro atoms. The summed E-state index contributed by atoms with van der Waals surface area (Å²) in [5.74, 6) is -4.95. The van der Waals surface area contributed by atoms with E-state index in [2.05, 4.69) is 10.3 Å². The molecule has 3 nitrogen and oxygen atoms in total. The summed E-state index contributed by atoms with van der Waals surface area (Å²) >= 11 is 0. The van der Waals surface area contributed by atoms with Gasteiger partial charge in [0.25, 0.3) is 0 Å².